The molecule has 3 N–H and O–H groups in total. The maximum Gasteiger partial charge on any atom is 0.255 e. The molecule has 0 spiro atoms. The first-order valence-electron chi connectivity index (χ1n) is 5.46. The highest BCUT2D eigenvalue weighted by molar-refractivity contribution is 9.10. The lowest BCUT2D eigenvalue weighted by Gasteiger charge is -2.10. The SMILES string of the molecule is CC(C)NC(=O)CNC(=O)c1ccc(Br)cc1O. The van der Waals surface area contributed by atoms with Crippen LogP contribution in [0.25, 0.3) is 0 Å². The summed E-state index contributed by atoms with van der Waals surface area (Å²) in [5.41, 5.74) is 0.135. The van der Waals surface area contributed by atoms with Crippen molar-refractivity contribution in [2.75, 3.05) is 6.54 Å². The molecule has 0 saturated carbocycles. The van der Waals surface area contributed by atoms with E-state index in [1.54, 1.807) is 6.07 Å². The van der Waals surface area contributed by atoms with Gasteiger partial charge in [0.05, 0.1) is 12.1 Å². The van der Waals surface area contributed by atoms with Gasteiger partial charge < -0.3 is 15.7 Å². The summed E-state index contributed by atoms with van der Waals surface area (Å²) in [6.07, 6.45) is 0. The Morgan fingerprint density at radius 2 is 2.06 bits per heavy atom. The minimum atomic E-state index is -0.487. The summed E-state index contributed by atoms with van der Waals surface area (Å²) in [4.78, 5) is 23.0. The van der Waals surface area contributed by atoms with E-state index in [1.165, 1.54) is 12.1 Å². The zero-order valence-corrected chi connectivity index (χ0v) is 11.7. The molecule has 18 heavy (non-hydrogen) atoms. The largest absolute Gasteiger partial charge is 0.507 e. The molecule has 5 nitrogen and oxygen atoms in total. The summed E-state index contributed by atoms with van der Waals surface area (Å²) in [5, 5.41) is 14.7. The monoisotopic (exact) mass is 314 g/mol. The number of benzene rings is 1. The predicted molar refractivity (Wildman–Crippen MR) is 71.4 cm³/mol. The van der Waals surface area contributed by atoms with Crippen molar-refractivity contribution in [3.63, 3.8) is 0 Å². The molecule has 0 saturated heterocycles. The molecule has 0 atom stereocenters. The second-order valence-electron chi connectivity index (χ2n) is 4.07. The van der Waals surface area contributed by atoms with Crippen molar-refractivity contribution in [1.82, 2.24) is 10.6 Å². The number of phenolic OH excluding ortho intramolecular Hbond substituents is 1. The quantitative estimate of drug-likeness (QED) is 0.786. The lowest BCUT2D eigenvalue weighted by Crippen LogP contribution is -2.39. The summed E-state index contributed by atoms with van der Waals surface area (Å²) in [6, 6.07) is 4.57. The number of hydrogen-bond donors (Lipinski definition) is 3. The molecular weight excluding hydrogens is 300 g/mol. The molecule has 1 aromatic carbocycles. The summed E-state index contributed by atoms with van der Waals surface area (Å²) in [5.74, 6) is -0.889. The van der Waals surface area contributed by atoms with Crippen molar-refractivity contribution in [2.45, 2.75) is 19.9 Å². The van der Waals surface area contributed by atoms with Gasteiger partial charge in [-0.25, -0.2) is 0 Å². The number of amides is 2. The Hall–Kier alpha value is -1.56. The number of aromatic hydroxyl groups is 1. The maximum atomic E-state index is 11.7. The molecule has 0 fully saturated rings. The smallest absolute Gasteiger partial charge is 0.255 e. The Kier molecular flexibility index (Phi) is 5.15. The van der Waals surface area contributed by atoms with Gasteiger partial charge in [-0.3, -0.25) is 9.59 Å². The minimum Gasteiger partial charge on any atom is -0.507 e. The van der Waals surface area contributed by atoms with Gasteiger partial charge in [0.25, 0.3) is 5.91 Å². The van der Waals surface area contributed by atoms with Gasteiger partial charge in [-0.15, -0.1) is 0 Å². The summed E-state index contributed by atoms with van der Waals surface area (Å²) < 4.78 is 0.675. The Bertz CT molecular complexity index is 461. The molecule has 98 valence electrons. The molecule has 0 aliphatic carbocycles. The lowest BCUT2D eigenvalue weighted by molar-refractivity contribution is -0.120. The topological polar surface area (TPSA) is 78.4 Å². The van der Waals surface area contributed by atoms with E-state index in [4.69, 9.17) is 0 Å². The molecule has 0 aromatic heterocycles. The minimum absolute atomic E-state index is 0.0236. The first-order valence-corrected chi connectivity index (χ1v) is 6.25. The van der Waals surface area contributed by atoms with Crippen molar-refractivity contribution >= 4 is 27.7 Å². The molecule has 0 aliphatic heterocycles. The molecular formula is C12H15BrN2O3. The predicted octanol–water partition coefficient (Wildman–Crippen LogP) is 1.41. The maximum absolute atomic E-state index is 11.7. The van der Waals surface area contributed by atoms with Crippen molar-refractivity contribution in [1.29, 1.82) is 0 Å². The number of halogens is 1. The first-order chi connectivity index (χ1) is 8.40. The number of phenols is 1. The molecule has 6 heteroatoms. The van der Waals surface area contributed by atoms with Crippen LogP contribution in [0.1, 0.15) is 24.2 Å². The van der Waals surface area contributed by atoms with Crippen LogP contribution in [-0.4, -0.2) is 29.5 Å². The van der Waals surface area contributed by atoms with Gasteiger partial charge in [-0.05, 0) is 32.0 Å². The Balaban J connectivity index is 2.58. The molecule has 2 amide bonds. The molecule has 0 aliphatic rings. The van der Waals surface area contributed by atoms with Gasteiger partial charge in [0.15, 0.2) is 0 Å². The zero-order valence-electron chi connectivity index (χ0n) is 10.2. The van der Waals surface area contributed by atoms with E-state index >= 15 is 0 Å². The third-order valence-electron chi connectivity index (χ3n) is 2.06. The molecule has 1 aromatic rings. The number of carbonyl (C=O) groups excluding carboxylic acids is 2. The van der Waals surface area contributed by atoms with Crippen molar-refractivity contribution < 1.29 is 14.7 Å². The second kappa shape index (κ2) is 6.39. The summed E-state index contributed by atoms with van der Waals surface area (Å²) >= 11 is 3.18. The van der Waals surface area contributed by atoms with Crippen LogP contribution < -0.4 is 10.6 Å². The number of carbonyl (C=O) groups is 2. The van der Waals surface area contributed by atoms with E-state index in [0.29, 0.717) is 4.47 Å². The van der Waals surface area contributed by atoms with Gasteiger partial charge in [-0.1, -0.05) is 15.9 Å². The standard InChI is InChI=1S/C12H15BrN2O3/c1-7(2)15-11(17)6-14-12(18)9-4-3-8(13)5-10(9)16/h3-5,7,16H,6H2,1-2H3,(H,14,18)(H,15,17). The van der Waals surface area contributed by atoms with E-state index in [1.807, 2.05) is 13.8 Å². The molecule has 0 unspecified atom stereocenters. The fraction of sp³-hybridized carbons (Fsp3) is 0.333. The highest BCUT2D eigenvalue weighted by Gasteiger charge is 2.12. The molecule has 0 radical (unpaired) electrons. The van der Waals surface area contributed by atoms with Crippen LogP contribution in [0.5, 0.6) is 5.75 Å². The van der Waals surface area contributed by atoms with E-state index in [0.717, 1.165) is 0 Å². The summed E-state index contributed by atoms with van der Waals surface area (Å²) in [6.45, 7) is 3.55. The van der Waals surface area contributed by atoms with Crippen LogP contribution in [0, 0.1) is 0 Å². The third kappa shape index (κ3) is 4.37. The van der Waals surface area contributed by atoms with E-state index in [-0.39, 0.29) is 29.8 Å². The third-order valence-corrected chi connectivity index (χ3v) is 2.56. The Morgan fingerprint density at radius 1 is 1.39 bits per heavy atom. The van der Waals surface area contributed by atoms with Crippen molar-refractivity contribution in [3.05, 3.63) is 28.2 Å². The van der Waals surface area contributed by atoms with Crippen LogP contribution in [0.2, 0.25) is 0 Å². The van der Waals surface area contributed by atoms with Crippen LogP contribution in [0.4, 0.5) is 0 Å². The van der Waals surface area contributed by atoms with Crippen LogP contribution >= 0.6 is 15.9 Å². The van der Waals surface area contributed by atoms with E-state index in [2.05, 4.69) is 26.6 Å². The fourth-order valence-electron chi connectivity index (χ4n) is 1.33. The normalized spacial score (nSPS) is 10.2. The van der Waals surface area contributed by atoms with Gasteiger partial charge in [0.2, 0.25) is 5.91 Å². The Morgan fingerprint density at radius 3 is 2.61 bits per heavy atom. The van der Waals surface area contributed by atoms with E-state index < -0.39 is 5.91 Å². The van der Waals surface area contributed by atoms with Gasteiger partial charge >= 0.3 is 0 Å². The number of nitrogens with one attached hydrogen (secondary N) is 2. The first kappa shape index (κ1) is 14.5. The Labute approximate surface area is 114 Å². The van der Waals surface area contributed by atoms with Crippen LogP contribution in [0.15, 0.2) is 22.7 Å². The van der Waals surface area contributed by atoms with Crippen LogP contribution in [0.3, 0.4) is 0 Å². The molecule has 0 heterocycles. The van der Waals surface area contributed by atoms with Gasteiger partial charge in [0.1, 0.15) is 5.75 Å². The van der Waals surface area contributed by atoms with Crippen molar-refractivity contribution in [3.8, 4) is 5.75 Å². The fourth-order valence-corrected chi connectivity index (χ4v) is 1.67. The lowest BCUT2D eigenvalue weighted by atomic mass is 10.2. The highest BCUT2D eigenvalue weighted by Crippen LogP contribution is 2.21. The molecule has 0 bridgehead atoms. The second-order valence-corrected chi connectivity index (χ2v) is 4.98. The number of rotatable bonds is 4. The highest BCUT2D eigenvalue weighted by atomic mass is 79.9. The molecule has 1 rings (SSSR count). The summed E-state index contributed by atoms with van der Waals surface area (Å²) in [7, 11) is 0. The number of hydrogen-bond acceptors (Lipinski definition) is 3. The van der Waals surface area contributed by atoms with Crippen LogP contribution in [-0.2, 0) is 4.79 Å². The van der Waals surface area contributed by atoms with Crippen molar-refractivity contribution in [2.24, 2.45) is 0 Å². The van der Waals surface area contributed by atoms with Gasteiger partial charge in [-0.2, -0.15) is 0 Å². The van der Waals surface area contributed by atoms with Gasteiger partial charge in [0, 0.05) is 10.5 Å². The zero-order chi connectivity index (χ0) is 13.7. The van der Waals surface area contributed by atoms with E-state index in [9.17, 15) is 14.7 Å². The average Bonchev–Trinajstić information content (AvgIpc) is 2.25. The average molecular weight is 315 g/mol.